The van der Waals surface area contributed by atoms with Crippen LogP contribution in [0.15, 0.2) is 20.9 Å². The number of nitrogens with zero attached hydrogens (tertiary/aromatic N) is 1. The number of nitrogens with one attached hydrogen (secondary N) is 2. The predicted octanol–water partition coefficient (Wildman–Crippen LogP) is 3.59. The van der Waals surface area contributed by atoms with Crippen molar-refractivity contribution in [3.8, 4) is 0 Å². The SMILES string of the molecule is CN=C(NCc1cc(Br)cs1)NCC1CCC1.I. The molecule has 2 N–H and O–H groups in total. The average Bonchev–Trinajstić information content (AvgIpc) is 2.67. The normalized spacial score (nSPS) is 15.8. The molecule has 0 atom stereocenters. The first kappa shape index (κ1) is 16.2. The van der Waals surface area contributed by atoms with Crippen LogP contribution in [0.4, 0.5) is 0 Å². The summed E-state index contributed by atoms with van der Waals surface area (Å²) >= 11 is 5.21. The van der Waals surface area contributed by atoms with E-state index in [1.54, 1.807) is 11.3 Å². The van der Waals surface area contributed by atoms with Crippen LogP contribution in [-0.4, -0.2) is 19.6 Å². The number of thiophene rings is 1. The van der Waals surface area contributed by atoms with Crippen molar-refractivity contribution in [2.75, 3.05) is 13.6 Å². The maximum absolute atomic E-state index is 4.23. The summed E-state index contributed by atoms with van der Waals surface area (Å²) in [4.78, 5) is 5.54. The van der Waals surface area contributed by atoms with Gasteiger partial charge in [0.05, 0.1) is 6.54 Å². The van der Waals surface area contributed by atoms with E-state index in [-0.39, 0.29) is 24.0 Å². The Balaban J connectivity index is 0.00000162. The van der Waals surface area contributed by atoms with Gasteiger partial charge in [0.1, 0.15) is 0 Å². The van der Waals surface area contributed by atoms with Gasteiger partial charge in [-0.3, -0.25) is 4.99 Å². The van der Waals surface area contributed by atoms with Crippen molar-refractivity contribution in [1.82, 2.24) is 10.6 Å². The Bertz CT molecular complexity index is 390. The number of guanidine groups is 1. The summed E-state index contributed by atoms with van der Waals surface area (Å²) in [6.07, 6.45) is 4.12. The molecule has 1 fully saturated rings. The van der Waals surface area contributed by atoms with Crippen LogP contribution in [0.25, 0.3) is 0 Å². The first-order valence-corrected chi connectivity index (χ1v) is 7.62. The second-order valence-electron chi connectivity index (χ2n) is 4.33. The van der Waals surface area contributed by atoms with E-state index >= 15 is 0 Å². The lowest BCUT2D eigenvalue weighted by atomic mass is 9.85. The largest absolute Gasteiger partial charge is 0.356 e. The highest BCUT2D eigenvalue weighted by atomic mass is 127. The fourth-order valence-electron chi connectivity index (χ4n) is 1.78. The molecule has 1 heterocycles. The molecule has 0 radical (unpaired) electrons. The molecule has 1 aliphatic rings. The van der Waals surface area contributed by atoms with Gasteiger partial charge in [-0.2, -0.15) is 0 Å². The second-order valence-corrected chi connectivity index (χ2v) is 6.25. The minimum atomic E-state index is 0. The Hall–Kier alpha value is 0.180. The summed E-state index contributed by atoms with van der Waals surface area (Å²) in [7, 11) is 1.82. The van der Waals surface area contributed by atoms with Crippen LogP contribution < -0.4 is 10.6 Å². The first-order chi connectivity index (χ1) is 8.28. The van der Waals surface area contributed by atoms with Crippen molar-refractivity contribution < 1.29 is 0 Å². The van der Waals surface area contributed by atoms with Crippen LogP contribution in [0.3, 0.4) is 0 Å². The van der Waals surface area contributed by atoms with Crippen LogP contribution in [0.5, 0.6) is 0 Å². The Morgan fingerprint density at radius 1 is 1.50 bits per heavy atom. The summed E-state index contributed by atoms with van der Waals surface area (Å²) in [6.45, 7) is 1.88. The third kappa shape index (κ3) is 5.05. The summed E-state index contributed by atoms with van der Waals surface area (Å²) in [5.41, 5.74) is 0. The van der Waals surface area contributed by atoms with Gasteiger partial charge in [0.15, 0.2) is 5.96 Å². The highest BCUT2D eigenvalue weighted by molar-refractivity contribution is 14.0. The van der Waals surface area contributed by atoms with Crippen LogP contribution in [0.1, 0.15) is 24.1 Å². The summed E-state index contributed by atoms with van der Waals surface area (Å²) in [5.74, 6) is 1.76. The van der Waals surface area contributed by atoms with Gasteiger partial charge >= 0.3 is 0 Å². The Morgan fingerprint density at radius 3 is 2.78 bits per heavy atom. The van der Waals surface area contributed by atoms with E-state index in [0.717, 1.165) is 29.4 Å². The molecular weight excluding hydrogens is 425 g/mol. The summed E-state index contributed by atoms with van der Waals surface area (Å²) in [6, 6.07) is 2.14. The van der Waals surface area contributed by atoms with Crippen molar-refractivity contribution >= 4 is 57.2 Å². The lowest BCUT2D eigenvalue weighted by Crippen LogP contribution is -2.40. The molecule has 1 aromatic rings. The van der Waals surface area contributed by atoms with E-state index in [9.17, 15) is 0 Å². The van der Waals surface area contributed by atoms with Gasteiger partial charge in [0.2, 0.25) is 0 Å². The molecule has 18 heavy (non-hydrogen) atoms. The van der Waals surface area contributed by atoms with Crippen molar-refractivity contribution in [2.45, 2.75) is 25.8 Å². The average molecular weight is 444 g/mol. The summed E-state index contributed by atoms with van der Waals surface area (Å²) in [5, 5.41) is 8.81. The lowest BCUT2D eigenvalue weighted by molar-refractivity contribution is 0.314. The number of rotatable bonds is 4. The van der Waals surface area contributed by atoms with Crippen molar-refractivity contribution in [1.29, 1.82) is 0 Å². The van der Waals surface area contributed by atoms with E-state index in [1.165, 1.54) is 24.1 Å². The highest BCUT2D eigenvalue weighted by Crippen LogP contribution is 2.25. The molecule has 2 rings (SSSR count). The zero-order valence-corrected chi connectivity index (χ0v) is 15.1. The van der Waals surface area contributed by atoms with Gasteiger partial charge in [0, 0.05) is 28.3 Å². The Labute approximate surface area is 138 Å². The van der Waals surface area contributed by atoms with Crippen molar-refractivity contribution in [3.05, 3.63) is 20.8 Å². The van der Waals surface area contributed by atoms with Crippen LogP contribution in [-0.2, 0) is 6.54 Å². The molecule has 0 aromatic carbocycles. The minimum absolute atomic E-state index is 0. The van der Waals surface area contributed by atoms with Crippen LogP contribution in [0.2, 0.25) is 0 Å². The topological polar surface area (TPSA) is 36.4 Å². The molecule has 0 aliphatic heterocycles. The van der Waals surface area contributed by atoms with Gasteiger partial charge < -0.3 is 10.6 Å². The smallest absolute Gasteiger partial charge is 0.191 e. The quantitative estimate of drug-likeness (QED) is 0.423. The molecule has 1 aliphatic carbocycles. The van der Waals surface area contributed by atoms with E-state index in [1.807, 2.05) is 7.05 Å². The van der Waals surface area contributed by atoms with Crippen LogP contribution >= 0.6 is 51.2 Å². The van der Waals surface area contributed by atoms with Crippen molar-refractivity contribution in [3.63, 3.8) is 0 Å². The lowest BCUT2D eigenvalue weighted by Gasteiger charge is -2.26. The van der Waals surface area contributed by atoms with Gasteiger partial charge in [0.25, 0.3) is 0 Å². The van der Waals surface area contributed by atoms with E-state index < -0.39 is 0 Å². The highest BCUT2D eigenvalue weighted by Gasteiger charge is 2.17. The number of halogens is 2. The molecule has 0 saturated heterocycles. The van der Waals surface area contributed by atoms with Crippen molar-refractivity contribution in [2.24, 2.45) is 10.9 Å². The number of hydrogen-bond donors (Lipinski definition) is 2. The third-order valence-corrected chi connectivity index (χ3v) is 4.76. The number of aliphatic imine (C=N–C) groups is 1. The Morgan fingerprint density at radius 2 is 2.28 bits per heavy atom. The maximum atomic E-state index is 4.23. The molecule has 6 heteroatoms. The Kier molecular flexibility index (Phi) is 7.55. The first-order valence-electron chi connectivity index (χ1n) is 5.95. The van der Waals surface area contributed by atoms with Gasteiger partial charge in [-0.25, -0.2) is 0 Å². The zero-order valence-electron chi connectivity index (χ0n) is 10.4. The van der Waals surface area contributed by atoms with E-state index in [0.29, 0.717) is 0 Å². The van der Waals surface area contributed by atoms with E-state index in [2.05, 4.69) is 43.0 Å². The predicted molar refractivity (Wildman–Crippen MR) is 93.0 cm³/mol. The molecule has 102 valence electrons. The fraction of sp³-hybridized carbons (Fsp3) is 0.583. The minimum Gasteiger partial charge on any atom is -0.356 e. The zero-order chi connectivity index (χ0) is 12.1. The molecule has 0 amide bonds. The molecule has 0 bridgehead atoms. The molecule has 3 nitrogen and oxygen atoms in total. The molecule has 1 saturated carbocycles. The second kappa shape index (κ2) is 8.37. The monoisotopic (exact) mass is 443 g/mol. The van der Waals surface area contributed by atoms with E-state index in [4.69, 9.17) is 0 Å². The summed E-state index contributed by atoms with van der Waals surface area (Å²) < 4.78 is 1.15. The van der Waals surface area contributed by atoms with Gasteiger partial charge in [-0.15, -0.1) is 35.3 Å². The maximum Gasteiger partial charge on any atom is 0.191 e. The molecule has 0 spiro atoms. The molecular formula is C12H19BrIN3S. The fourth-order valence-corrected chi connectivity index (χ4v) is 3.17. The third-order valence-electron chi connectivity index (χ3n) is 3.06. The number of hydrogen-bond acceptors (Lipinski definition) is 2. The molecule has 1 aromatic heterocycles. The molecule has 0 unspecified atom stereocenters. The van der Waals surface area contributed by atoms with Gasteiger partial charge in [-0.05, 0) is 40.8 Å². The van der Waals surface area contributed by atoms with Crippen LogP contribution in [0, 0.1) is 5.92 Å². The standard InChI is InChI=1S/C12H18BrN3S.HI/c1-14-12(15-6-9-3-2-4-9)16-7-11-5-10(13)8-17-11;/h5,8-9H,2-4,6-7H2,1H3,(H2,14,15,16);1H. The van der Waals surface area contributed by atoms with Gasteiger partial charge in [-0.1, -0.05) is 6.42 Å².